The molecular formula is C14H34O4Si2. The van der Waals surface area contributed by atoms with E-state index in [9.17, 15) is 5.11 Å². The monoisotopic (exact) mass is 322 g/mol. The number of ether oxygens (including phenoxy) is 2. The predicted molar refractivity (Wildman–Crippen MR) is 88.6 cm³/mol. The van der Waals surface area contributed by atoms with Crippen LogP contribution >= 0.6 is 0 Å². The molecular weight excluding hydrogens is 288 g/mol. The fraction of sp³-hybridized carbons (Fsp3) is 1.00. The highest BCUT2D eigenvalue weighted by atomic mass is 28.4. The van der Waals surface area contributed by atoms with E-state index in [0.29, 0.717) is 25.9 Å². The van der Waals surface area contributed by atoms with E-state index in [4.69, 9.17) is 13.6 Å². The second kappa shape index (κ2) is 8.65. The molecule has 2 atom stereocenters. The van der Waals surface area contributed by atoms with Crippen LogP contribution in [0.1, 0.15) is 40.5 Å². The van der Waals surface area contributed by atoms with Crippen molar-refractivity contribution in [3.63, 3.8) is 0 Å². The minimum atomic E-state index is -2.39. The Morgan fingerprint density at radius 2 is 1.60 bits per heavy atom. The summed E-state index contributed by atoms with van der Waals surface area (Å²) < 4.78 is 17.8. The molecule has 0 aliphatic carbocycles. The van der Waals surface area contributed by atoms with Crippen molar-refractivity contribution in [1.82, 2.24) is 0 Å². The van der Waals surface area contributed by atoms with Gasteiger partial charge >= 0.3 is 0 Å². The van der Waals surface area contributed by atoms with E-state index < -0.39 is 22.0 Å². The molecule has 0 heterocycles. The summed E-state index contributed by atoms with van der Waals surface area (Å²) in [6, 6.07) is 1.05. The first-order valence-electron chi connectivity index (χ1n) is 7.84. The molecule has 0 aromatic carbocycles. The van der Waals surface area contributed by atoms with Gasteiger partial charge in [0, 0.05) is 13.2 Å². The molecule has 0 bridgehead atoms. The summed E-state index contributed by atoms with van der Waals surface area (Å²) in [7, 11) is -4.35. The molecule has 0 rings (SSSR count). The Hall–Kier alpha value is 0.274. The van der Waals surface area contributed by atoms with Gasteiger partial charge in [-0.05, 0) is 46.0 Å². The van der Waals surface area contributed by atoms with Gasteiger partial charge in [0.1, 0.15) is 0 Å². The summed E-state index contributed by atoms with van der Waals surface area (Å²) in [5.41, 5.74) is -1.12. The molecule has 0 fully saturated rings. The molecule has 122 valence electrons. The Bertz CT molecular complexity index is 276. The third kappa shape index (κ3) is 5.57. The molecule has 1 N–H and O–H groups in total. The fourth-order valence-corrected chi connectivity index (χ4v) is 12.0. The van der Waals surface area contributed by atoms with Crippen molar-refractivity contribution >= 4 is 16.6 Å². The Labute approximate surface area is 127 Å². The lowest BCUT2D eigenvalue weighted by Gasteiger charge is -2.44. The Morgan fingerprint density at radius 1 is 1.00 bits per heavy atom. The largest absolute Gasteiger partial charge is 0.450 e. The van der Waals surface area contributed by atoms with Gasteiger partial charge in [0.25, 0.3) is 0 Å². The lowest BCUT2D eigenvalue weighted by molar-refractivity contribution is -0.152. The van der Waals surface area contributed by atoms with Crippen molar-refractivity contribution in [3.8, 4) is 0 Å². The first kappa shape index (κ1) is 20.3. The zero-order chi connectivity index (χ0) is 15.9. The molecule has 0 aromatic heterocycles. The van der Waals surface area contributed by atoms with Gasteiger partial charge < -0.3 is 18.7 Å². The zero-order valence-corrected chi connectivity index (χ0v) is 16.4. The van der Waals surface area contributed by atoms with Crippen molar-refractivity contribution in [2.75, 3.05) is 19.4 Å². The maximum atomic E-state index is 10.8. The SMILES string of the molecule is CCC[Si](C)(COCC)O[Si](C)(C)C(O)(CC)OCC. The molecule has 6 heteroatoms. The average molecular weight is 323 g/mol. The predicted octanol–water partition coefficient (Wildman–Crippen LogP) is 3.44. The summed E-state index contributed by atoms with van der Waals surface area (Å²) in [4.78, 5) is 0. The lowest BCUT2D eigenvalue weighted by Crippen LogP contribution is -2.63. The topological polar surface area (TPSA) is 47.9 Å². The summed E-state index contributed by atoms with van der Waals surface area (Å²) in [6.07, 6.45) is 2.34. The fourth-order valence-electron chi connectivity index (χ4n) is 2.64. The van der Waals surface area contributed by atoms with E-state index in [2.05, 4.69) is 26.6 Å². The smallest absolute Gasteiger partial charge is 0.240 e. The van der Waals surface area contributed by atoms with Gasteiger partial charge in [-0.25, -0.2) is 0 Å². The van der Waals surface area contributed by atoms with E-state index in [-0.39, 0.29) is 0 Å². The number of aliphatic hydroxyl groups is 1. The highest BCUT2D eigenvalue weighted by molar-refractivity contribution is 6.86. The summed E-state index contributed by atoms with van der Waals surface area (Å²) in [6.45, 7) is 15.6. The van der Waals surface area contributed by atoms with Crippen LogP contribution in [-0.4, -0.2) is 46.6 Å². The average Bonchev–Trinajstić information content (AvgIpc) is 2.36. The van der Waals surface area contributed by atoms with Crippen LogP contribution in [0.2, 0.25) is 25.7 Å². The molecule has 0 saturated heterocycles. The van der Waals surface area contributed by atoms with Crippen LogP contribution in [0, 0.1) is 0 Å². The van der Waals surface area contributed by atoms with Gasteiger partial charge in [0.05, 0.1) is 6.23 Å². The van der Waals surface area contributed by atoms with Gasteiger partial charge in [0.2, 0.25) is 16.6 Å². The van der Waals surface area contributed by atoms with E-state index in [0.717, 1.165) is 12.5 Å². The standard InChI is InChI=1S/C14H34O4Si2/c1-8-12-20(7,13-16-10-3)18-19(5,6)14(15,9-2)17-11-4/h15H,8-13H2,1-7H3. The third-order valence-corrected chi connectivity index (χ3v) is 12.5. The van der Waals surface area contributed by atoms with Crippen molar-refractivity contribution in [2.45, 2.75) is 71.6 Å². The Balaban J connectivity index is 5.06. The van der Waals surface area contributed by atoms with E-state index in [1.165, 1.54) is 0 Å². The first-order valence-corrected chi connectivity index (χ1v) is 13.6. The van der Waals surface area contributed by atoms with Gasteiger partial charge in [0.15, 0.2) is 5.41 Å². The molecule has 0 aromatic rings. The molecule has 2 unspecified atom stereocenters. The van der Waals surface area contributed by atoms with Crippen LogP contribution in [0.3, 0.4) is 0 Å². The molecule has 0 amide bonds. The Morgan fingerprint density at radius 3 is 2.00 bits per heavy atom. The zero-order valence-electron chi connectivity index (χ0n) is 14.4. The molecule has 20 heavy (non-hydrogen) atoms. The quantitative estimate of drug-likeness (QED) is 0.467. The van der Waals surface area contributed by atoms with Gasteiger partial charge in [-0.1, -0.05) is 20.3 Å². The van der Waals surface area contributed by atoms with Gasteiger partial charge in [-0.2, -0.15) is 0 Å². The highest BCUT2D eigenvalue weighted by Gasteiger charge is 2.51. The van der Waals surface area contributed by atoms with Crippen LogP contribution in [0.15, 0.2) is 0 Å². The second-order valence-electron chi connectivity index (χ2n) is 6.02. The number of hydrogen-bond acceptors (Lipinski definition) is 4. The van der Waals surface area contributed by atoms with Crippen molar-refractivity contribution < 1.29 is 18.7 Å². The summed E-state index contributed by atoms with van der Waals surface area (Å²) in [5, 5.41) is 10.8. The van der Waals surface area contributed by atoms with Crippen LogP contribution in [0.5, 0.6) is 0 Å². The van der Waals surface area contributed by atoms with Crippen LogP contribution in [-0.2, 0) is 13.6 Å². The lowest BCUT2D eigenvalue weighted by atomic mass is 10.5. The van der Waals surface area contributed by atoms with Crippen molar-refractivity contribution in [3.05, 3.63) is 0 Å². The molecule has 0 saturated carbocycles. The molecule has 0 aliphatic heterocycles. The summed E-state index contributed by atoms with van der Waals surface area (Å²) in [5.74, 6) is 0. The van der Waals surface area contributed by atoms with Gasteiger partial charge in [-0.3, -0.25) is 0 Å². The van der Waals surface area contributed by atoms with Crippen LogP contribution < -0.4 is 0 Å². The minimum absolute atomic E-state index is 0.502. The second-order valence-corrected chi connectivity index (χ2v) is 14.3. The van der Waals surface area contributed by atoms with Crippen LogP contribution in [0.25, 0.3) is 0 Å². The van der Waals surface area contributed by atoms with E-state index in [1.807, 2.05) is 20.8 Å². The van der Waals surface area contributed by atoms with E-state index in [1.54, 1.807) is 0 Å². The van der Waals surface area contributed by atoms with E-state index >= 15 is 0 Å². The Kier molecular flexibility index (Phi) is 8.77. The number of hydrogen-bond donors (Lipinski definition) is 1. The van der Waals surface area contributed by atoms with Crippen LogP contribution in [0.4, 0.5) is 0 Å². The molecule has 0 aliphatic rings. The maximum absolute atomic E-state index is 10.8. The summed E-state index contributed by atoms with van der Waals surface area (Å²) >= 11 is 0. The highest BCUT2D eigenvalue weighted by Crippen LogP contribution is 2.31. The first-order chi connectivity index (χ1) is 9.20. The maximum Gasteiger partial charge on any atom is 0.240 e. The minimum Gasteiger partial charge on any atom is -0.450 e. The molecule has 4 nitrogen and oxygen atoms in total. The van der Waals surface area contributed by atoms with Crippen molar-refractivity contribution in [2.24, 2.45) is 0 Å². The molecule has 0 spiro atoms. The van der Waals surface area contributed by atoms with Gasteiger partial charge in [-0.15, -0.1) is 0 Å². The number of rotatable bonds is 11. The normalized spacial score (nSPS) is 18.6. The molecule has 0 radical (unpaired) electrons. The van der Waals surface area contributed by atoms with Crippen molar-refractivity contribution in [1.29, 1.82) is 0 Å². The third-order valence-electron chi connectivity index (χ3n) is 3.70.